The van der Waals surface area contributed by atoms with Crippen LogP contribution in [0.1, 0.15) is 65.0 Å². The predicted octanol–water partition coefficient (Wildman–Crippen LogP) is 6.90. The number of alkyl halides is 3. The third-order valence-electron chi connectivity index (χ3n) is 7.38. The second-order valence-corrected chi connectivity index (χ2v) is 12.1. The van der Waals surface area contributed by atoms with Crippen LogP contribution in [-0.2, 0) is 20.9 Å². The van der Waals surface area contributed by atoms with Crippen LogP contribution < -0.4 is 10.0 Å². The van der Waals surface area contributed by atoms with Crippen molar-refractivity contribution < 1.29 is 31.1 Å². The first kappa shape index (κ1) is 27.2. The molecule has 3 unspecified atom stereocenters. The normalized spacial score (nSPS) is 20.7. The fourth-order valence-electron chi connectivity index (χ4n) is 5.40. The first-order valence-corrected chi connectivity index (χ1v) is 14.2. The Balaban J connectivity index is 1.41. The van der Waals surface area contributed by atoms with Crippen LogP contribution in [0.25, 0.3) is 0 Å². The van der Waals surface area contributed by atoms with E-state index in [0.29, 0.717) is 17.7 Å². The molecule has 0 spiro atoms. The number of benzene rings is 3. The minimum absolute atomic E-state index is 0.00940. The third kappa shape index (κ3) is 5.27. The van der Waals surface area contributed by atoms with E-state index in [4.69, 9.17) is 4.74 Å². The molecule has 2 aliphatic rings. The van der Waals surface area contributed by atoms with Crippen LogP contribution in [0.3, 0.4) is 0 Å². The molecular weight excluding hydrogens is 529 g/mol. The van der Waals surface area contributed by atoms with Gasteiger partial charge in [-0.25, -0.2) is 8.42 Å². The number of hydrogen-bond acceptors (Lipinski definition) is 5. The number of carbonyl (C=O) groups is 1. The molecule has 3 aromatic carbocycles. The number of fused-ring (bicyclic) bond motifs is 3. The molecule has 5 rings (SSSR count). The number of hydrogen-bond donors (Lipinski definition) is 2. The zero-order chi connectivity index (χ0) is 28.1. The molecule has 10 heteroatoms. The van der Waals surface area contributed by atoms with E-state index in [1.807, 2.05) is 38.1 Å². The van der Waals surface area contributed by atoms with Crippen molar-refractivity contribution in [3.63, 3.8) is 0 Å². The lowest BCUT2D eigenvalue weighted by atomic mass is 9.81. The highest BCUT2D eigenvalue weighted by molar-refractivity contribution is 7.92. The molecule has 2 N–H and O–H groups in total. The third-order valence-corrected chi connectivity index (χ3v) is 8.76. The fourth-order valence-corrected chi connectivity index (χ4v) is 6.48. The van der Waals surface area contributed by atoms with E-state index in [-0.39, 0.29) is 45.9 Å². The Morgan fingerprint density at radius 3 is 2.41 bits per heavy atom. The number of carbonyl (C=O) groups excluding carboxylic acids is 1. The number of halogens is 3. The van der Waals surface area contributed by atoms with Gasteiger partial charge in [0.25, 0.3) is 10.0 Å². The summed E-state index contributed by atoms with van der Waals surface area (Å²) in [6.07, 6.45) is -4.07. The van der Waals surface area contributed by atoms with Crippen molar-refractivity contribution >= 4 is 27.2 Å². The van der Waals surface area contributed by atoms with Gasteiger partial charge in [0.1, 0.15) is 0 Å². The number of rotatable bonds is 6. The predicted molar refractivity (Wildman–Crippen MR) is 142 cm³/mol. The molecule has 2 aliphatic heterocycles. The average molecular weight is 559 g/mol. The Morgan fingerprint density at radius 2 is 1.77 bits per heavy atom. The second-order valence-electron chi connectivity index (χ2n) is 10.4. The summed E-state index contributed by atoms with van der Waals surface area (Å²) in [6, 6.07) is 15.3. The summed E-state index contributed by atoms with van der Waals surface area (Å²) in [6.45, 7) is 5.54. The Morgan fingerprint density at radius 1 is 1.05 bits per heavy atom. The van der Waals surface area contributed by atoms with Crippen LogP contribution in [0.2, 0.25) is 0 Å². The van der Waals surface area contributed by atoms with Gasteiger partial charge in [-0.3, -0.25) is 9.52 Å². The minimum atomic E-state index is -4.52. The molecule has 206 valence electrons. The lowest BCUT2D eigenvalue weighted by molar-refractivity contribution is -0.138. The molecule has 0 aliphatic carbocycles. The lowest BCUT2D eigenvalue weighted by Crippen LogP contribution is -2.29. The van der Waals surface area contributed by atoms with Gasteiger partial charge in [0, 0.05) is 40.9 Å². The molecule has 0 bridgehead atoms. The van der Waals surface area contributed by atoms with Crippen molar-refractivity contribution in [1.29, 1.82) is 0 Å². The van der Waals surface area contributed by atoms with Crippen molar-refractivity contribution in [3.8, 4) is 0 Å². The maximum Gasteiger partial charge on any atom is 0.416 e. The smallest absolute Gasteiger partial charge is 0.378 e. The molecule has 0 saturated carbocycles. The fraction of sp³-hybridized carbons (Fsp3) is 0.345. The Labute approximate surface area is 225 Å². The number of anilines is 2. The quantitative estimate of drug-likeness (QED) is 0.322. The highest BCUT2D eigenvalue weighted by Crippen LogP contribution is 2.50. The summed E-state index contributed by atoms with van der Waals surface area (Å²) < 4.78 is 74.1. The molecule has 3 atom stereocenters. The van der Waals surface area contributed by atoms with E-state index in [2.05, 4.69) is 10.0 Å². The molecule has 1 saturated heterocycles. The molecule has 0 aromatic heterocycles. The maximum absolute atomic E-state index is 13.2. The van der Waals surface area contributed by atoms with Gasteiger partial charge in [0.15, 0.2) is 5.78 Å². The van der Waals surface area contributed by atoms with E-state index in [0.717, 1.165) is 29.8 Å². The SMILES string of the molecule is Cc1cc(NS(=O)(=O)c2ccc3c(c2)C2OCCC2C(c2ccc(C(=O)C(C)C)cc2)N3)ccc1C(F)(F)F. The van der Waals surface area contributed by atoms with Gasteiger partial charge in [0.05, 0.1) is 22.6 Å². The monoisotopic (exact) mass is 558 g/mol. The Bertz CT molecular complexity index is 1520. The molecule has 39 heavy (non-hydrogen) atoms. The van der Waals surface area contributed by atoms with Gasteiger partial charge in [-0.15, -0.1) is 0 Å². The van der Waals surface area contributed by atoms with E-state index in [9.17, 15) is 26.4 Å². The molecule has 3 aromatic rings. The number of ether oxygens (including phenoxy) is 1. The topological polar surface area (TPSA) is 84.5 Å². The van der Waals surface area contributed by atoms with Crippen molar-refractivity contribution in [2.24, 2.45) is 11.8 Å². The summed E-state index contributed by atoms with van der Waals surface area (Å²) in [5.41, 5.74) is 2.29. The van der Waals surface area contributed by atoms with Crippen molar-refractivity contribution in [3.05, 3.63) is 88.5 Å². The maximum atomic E-state index is 13.2. The summed E-state index contributed by atoms with van der Waals surface area (Å²) in [5, 5.41) is 3.53. The molecule has 0 amide bonds. The van der Waals surface area contributed by atoms with Gasteiger partial charge < -0.3 is 10.1 Å². The molecule has 0 radical (unpaired) electrons. The van der Waals surface area contributed by atoms with Crippen LogP contribution in [0.15, 0.2) is 65.6 Å². The summed E-state index contributed by atoms with van der Waals surface area (Å²) in [7, 11) is -4.07. The van der Waals surface area contributed by atoms with Crippen molar-refractivity contribution in [2.75, 3.05) is 16.6 Å². The zero-order valence-electron chi connectivity index (χ0n) is 21.7. The van der Waals surface area contributed by atoms with Crippen LogP contribution in [0.4, 0.5) is 24.5 Å². The minimum Gasteiger partial charge on any atom is -0.378 e. The highest BCUT2D eigenvalue weighted by Gasteiger charge is 2.42. The van der Waals surface area contributed by atoms with Crippen LogP contribution in [-0.4, -0.2) is 20.8 Å². The average Bonchev–Trinajstić information content (AvgIpc) is 3.37. The van der Waals surface area contributed by atoms with Gasteiger partial charge in [0.2, 0.25) is 0 Å². The number of nitrogens with one attached hydrogen (secondary N) is 2. The van der Waals surface area contributed by atoms with E-state index >= 15 is 0 Å². The summed E-state index contributed by atoms with van der Waals surface area (Å²) in [5.74, 6) is 0.0402. The van der Waals surface area contributed by atoms with E-state index in [1.165, 1.54) is 19.1 Å². The molecule has 2 heterocycles. The Hall–Kier alpha value is -3.37. The first-order chi connectivity index (χ1) is 18.3. The van der Waals surface area contributed by atoms with Crippen molar-refractivity contribution in [2.45, 2.75) is 50.4 Å². The van der Waals surface area contributed by atoms with Gasteiger partial charge in [-0.1, -0.05) is 38.1 Å². The van der Waals surface area contributed by atoms with Gasteiger partial charge in [-0.05, 0) is 60.9 Å². The van der Waals surface area contributed by atoms with Crippen LogP contribution in [0, 0.1) is 18.8 Å². The lowest BCUT2D eigenvalue weighted by Gasteiger charge is -2.36. The number of ketones is 1. The number of Topliss-reactive ketones (excluding diaryl/α,β-unsaturated/α-hetero) is 1. The number of aryl methyl sites for hydroxylation is 1. The largest absolute Gasteiger partial charge is 0.416 e. The number of sulfonamides is 1. The van der Waals surface area contributed by atoms with Gasteiger partial charge >= 0.3 is 6.18 Å². The molecule has 6 nitrogen and oxygen atoms in total. The van der Waals surface area contributed by atoms with Crippen LogP contribution in [0.5, 0.6) is 0 Å². The van der Waals surface area contributed by atoms with Gasteiger partial charge in [-0.2, -0.15) is 13.2 Å². The standard InChI is InChI=1S/C29H29F3N2O4S/c1-16(2)27(35)19-6-4-18(5-7-19)26-22-12-13-38-28(22)23-15-21(9-11-25(23)33-26)39(36,37)34-20-8-10-24(17(3)14-20)29(30,31)32/h4-11,14-16,22,26,28,33-34H,12-13H2,1-3H3. The summed E-state index contributed by atoms with van der Waals surface area (Å²) >= 11 is 0. The van der Waals surface area contributed by atoms with Crippen LogP contribution >= 0.6 is 0 Å². The Kier molecular flexibility index (Phi) is 6.97. The summed E-state index contributed by atoms with van der Waals surface area (Å²) in [4.78, 5) is 12.3. The van der Waals surface area contributed by atoms with E-state index in [1.54, 1.807) is 12.1 Å². The zero-order valence-corrected chi connectivity index (χ0v) is 22.5. The first-order valence-electron chi connectivity index (χ1n) is 12.7. The van der Waals surface area contributed by atoms with E-state index < -0.39 is 21.8 Å². The second kappa shape index (κ2) is 9.98. The highest BCUT2D eigenvalue weighted by atomic mass is 32.2. The molecular formula is C29H29F3N2O4S. The molecule has 1 fully saturated rings. The van der Waals surface area contributed by atoms with Crippen molar-refractivity contribution in [1.82, 2.24) is 0 Å².